The molecule has 1 aliphatic carbocycles. The average molecular weight is 481 g/mol. The minimum absolute atomic E-state index is 0.0352. The average Bonchev–Trinajstić information content (AvgIpc) is 3.43. The molecule has 4 rings (SSSR count). The lowest BCUT2D eigenvalue weighted by molar-refractivity contribution is -0.137. The Morgan fingerprint density at radius 2 is 1.69 bits per heavy atom. The number of hydrogen-bond acceptors (Lipinski definition) is 5. The number of rotatable bonds is 9. The van der Waals surface area contributed by atoms with E-state index in [2.05, 4.69) is 36.6 Å². The number of hydrogen-bond donors (Lipinski definition) is 3. The highest BCUT2D eigenvalue weighted by Crippen LogP contribution is 2.44. The van der Waals surface area contributed by atoms with Gasteiger partial charge in [0, 0.05) is 12.3 Å². The van der Waals surface area contributed by atoms with Gasteiger partial charge >= 0.3 is 12.1 Å². The van der Waals surface area contributed by atoms with Crippen molar-refractivity contribution in [1.29, 1.82) is 0 Å². The summed E-state index contributed by atoms with van der Waals surface area (Å²) < 4.78 is 11.3. The molecule has 2 aliphatic rings. The van der Waals surface area contributed by atoms with E-state index in [1.165, 1.54) is 0 Å². The minimum Gasteiger partial charge on any atom is -0.481 e. The summed E-state index contributed by atoms with van der Waals surface area (Å²) >= 11 is 0. The first kappa shape index (κ1) is 24.7. The highest BCUT2D eigenvalue weighted by atomic mass is 16.5. The molecule has 0 spiro atoms. The molecule has 2 amide bonds. The Hall–Kier alpha value is -3.39. The number of carbonyl (C=O) groups is 3. The third kappa shape index (κ3) is 5.82. The van der Waals surface area contributed by atoms with Gasteiger partial charge in [0.05, 0.1) is 18.8 Å². The predicted molar refractivity (Wildman–Crippen MR) is 130 cm³/mol. The van der Waals surface area contributed by atoms with Crippen LogP contribution in [-0.2, 0) is 19.1 Å². The zero-order chi connectivity index (χ0) is 24.9. The summed E-state index contributed by atoms with van der Waals surface area (Å²) in [4.78, 5) is 36.7. The van der Waals surface area contributed by atoms with Gasteiger partial charge in [-0.1, -0.05) is 62.4 Å². The molecular formula is C27H32N2O6. The lowest BCUT2D eigenvalue weighted by atomic mass is 9.98. The molecule has 1 saturated heterocycles. The molecule has 3 atom stereocenters. The summed E-state index contributed by atoms with van der Waals surface area (Å²) in [6.07, 6.45) is -0.294. The van der Waals surface area contributed by atoms with E-state index in [1.807, 2.05) is 36.4 Å². The molecule has 0 bridgehead atoms. The summed E-state index contributed by atoms with van der Waals surface area (Å²) in [7, 11) is 0. The molecule has 0 saturated carbocycles. The number of benzene rings is 2. The fourth-order valence-corrected chi connectivity index (χ4v) is 4.84. The van der Waals surface area contributed by atoms with Crippen molar-refractivity contribution >= 4 is 18.0 Å². The third-order valence-electron chi connectivity index (χ3n) is 6.72. The molecule has 8 heteroatoms. The van der Waals surface area contributed by atoms with Crippen molar-refractivity contribution in [2.75, 3.05) is 13.2 Å². The third-order valence-corrected chi connectivity index (χ3v) is 6.72. The van der Waals surface area contributed by atoms with E-state index < -0.39 is 24.0 Å². The van der Waals surface area contributed by atoms with Gasteiger partial charge in [0.25, 0.3) is 0 Å². The van der Waals surface area contributed by atoms with Crippen LogP contribution in [0.5, 0.6) is 0 Å². The van der Waals surface area contributed by atoms with Gasteiger partial charge in [-0.3, -0.25) is 9.59 Å². The molecule has 8 nitrogen and oxygen atoms in total. The number of carboxylic acid groups (broad SMARTS) is 1. The second-order valence-electron chi connectivity index (χ2n) is 9.51. The first-order valence-corrected chi connectivity index (χ1v) is 12.1. The predicted octanol–water partition coefficient (Wildman–Crippen LogP) is 3.69. The molecule has 0 aromatic heterocycles. The van der Waals surface area contributed by atoms with Gasteiger partial charge in [0.2, 0.25) is 5.91 Å². The normalized spacial score (nSPS) is 19.6. The second kappa shape index (κ2) is 10.9. The molecule has 3 unspecified atom stereocenters. The van der Waals surface area contributed by atoms with Gasteiger partial charge in [-0.15, -0.1) is 0 Å². The summed E-state index contributed by atoms with van der Waals surface area (Å²) in [5.41, 5.74) is 4.41. The maximum absolute atomic E-state index is 12.9. The Kier molecular flexibility index (Phi) is 7.70. The van der Waals surface area contributed by atoms with Crippen molar-refractivity contribution < 1.29 is 29.0 Å². The first-order chi connectivity index (χ1) is 16.8. The van der Waals surface area contributed by atoms with E-state index in [4.69, 9.17) is 14.6 Å². The number of carboxylic acids is 1. The largest absolute Gasteiger partial charge is 0.481 e. The van der Waals surface area contributed by atoms with Crippen LogP contribution in [0.1, 0.15) is 50.2 Å². The molecule has 1 heterocycles. The zero-order valence-corrected chi connectivity index (χ0v) is 20.0. The number of fused-ring (bicyclic) bond motifs is 3. The fraction of sp³-hybridized carbons (Fsp3) is 0.444. The molecule has 2 aromatic carbocycles. The van der Waals surface area contributed by atoms with Crippen LogP contribution in [0.2, 0.25) is 0 Å². The number of carbonyl (C=O) groups excluding carboxylic acids is 2. The number of amides is 2. The minimum atomic E-state index is -1.04. The van der Waals surface area contributed by atoms with Gasteiger partial charge < -0.3 is 25.2 Å². The highest BCUT2D eigenvalue weighted by Gasteiger charge is 2.32. The number of ether oxygens (including phenoxy) is 2. The number of nitrogens with one attached hydrogen (secondary N) is 2. The molecule has 1 fully saturated rings. The molecule has 186 valence electrons. The fourth-order valence-electron chi connectivity index (χ4n) is 4.84. The summed E-state index contributed by atoms with van der Waals surface area (Å²) in [5.74, 6) is -1.25. The van der Waals surface area contributed by atoms with E-state index in [1.54, 1.807) is 0 Å². The maximum Gasteiger partial charge on any atom is 0.407 e. The van der Waals surface area contributed by atoms with E-state index in [9.17, 15) is 14.4 Å². The van der Waals surface area contributed by atoms with Gasteiger partial charge in [0.15, 0.2) is 0 Å². The summed E-state index contributed by atoms with van der Waals surface area (Å²) in [6.45, 7) is 4.62. The quantitative estimate of drug-likeness (QED) is 0.504. The van der Waals surface area contributed by atoms with Gasteiger partial charge in [-0.05, 0) is 41.0 Å². The first-order valence-electron chi connectivity index (χ1n) is 12.1. The van der Waals surface area contributed by atoms with Crippen LogP contribution >= 0.6 is 0 Å². The highest BCUT2D eigenvalue weighted by molar-refractivity contribution is 5.86. The second-order valence-corrected chi connectivity index (χ2v) is 9.51. The standard InChI is InChI=1S/C27H32N2O6/c1-16(2)24-13-17(14-34-24)28-26(32)23(11-12-25(30)31)29-27(33)35-15-22-20-9-5-3-7-18(20)19-8-4-6-10-21(19)22/h3-10,16-17,22-24H,11-15H2,1-2H3,(H,28,32)(H,29,33)(H,30,31). The van der Waals surface area contributed by atoms with Gasteiger partial charge in [-0.25, -0.2) is 4.79 Å². The molecule has 3 N–H and O–H groups in total. The van der Waals surface area contributed by atoms with Crippen LogP contribution in [0.4, 0.5) is 4.79 Å². The van der Waals surface area contributed by atoms with E-state index in [0.29, 0.717) is 18.9 Å². The lowest BCUT2D eigenvalue weighted by Crippen LogP contribution is -2.50. The smallest absolute Gasteiger partial charge is 0.407 e. The summed E-state index contributed by atoms with van der Waals surface area (Å²) in [6, 6.07) is 14.9. The van der Waals surface area contributed by atoms with Crippen LogP contribution in [0, 0.1) is 5.92 Å². The summed E-state index contributed by atoms with van der Waals surface area (Å²) in [5, 5.41) is 14.6. The molecule has 0 radical (unpaired) electrons. The van der Waals surface area contributed by atoms with Crippen LogP contribution in [0.3, 0.4) is 0 Å². The van der Waals surface area contributed by atoms with Crippen LogP contribution < -0.4 is 10.6 Å². The van der Waals surface area contributed by atoms with Crippen molar-refractivity contribution in [2.45, 2.75) is 57.2 Å². The van der Waals surface area contributed by atoms with Crippen LogP contribution in [-0.4, -0.2) is 54.5 Å². The Morgan fingerprint density at radius 1 is 1.06 bits per heavy atom. The number of aliphatic carboxylic acids is 1. The van der Waals surface area contributed by atoms with Crippen LogP contribution in [0.15, 0.2) is 48.5 Å². The Morgan fingerprint density at radius 3 is 2.26 bits per heavy atom. The van der Waals surface area contributed by atoms with E-state index in [0.717, 1.165) is 22.3 Å². The van der Waals surface area contributed by atoms with Crippen LogP contribution in [0.25, 0.3) is 11.1 Å². The van der Waals surface area contributed by atoms with Crippen molar-refractivity contribution in [2.24, 2.45) is 5.92 Å². The Labute approximate surface area is 205 Å². The Bertz CT molecular complexity index is 1040. The molecule has 35 heavy (non-hydrogen) atoms. The van der Waals surface area contributed by atoms with E-state index >= 15 is 0 Å². The van der Waals surface area contributed by atoms with Crippen molar-refractivity contribution in [3.8, 4) is 11.1 Å². The van der Waals surface area contributed by atoms with Crippen molar-refractivity contribution in [3.63, 3.8) is 0 Å². The van der Waals surface area contributed by atoms with E-state index in [-0.39, 0.29) is 37.5 Å². The zero-order valence-electron chi connectivity index (χ0n) is 20.0. The molecule has 2 aromatic rings. The SMILES string of the molecule is CC(C)C1CC(NC(=O)C(CCC(=O)O)NC(=O)OCC2c3ccccc3-c3ccccc32)CO1. The van der Waals surface area contributed by atoms with Gasteiger partial charge in [-0.2, -0.15) is 0 Å². The van der Waals surface area contributed by atoms with Crippen molar-refractivity contribution in [1.82, 2.24) is 10.6 Å². The Balaban J connectivity index is 1.37. The van der Waals surface area contributed by atoms with Gasteiger partial charge in [0.1, 0.15) is 12.6 Å². The van der Waals surface area contributed by atoms with Crippen molar-refractivity contribution in [3.05, 3.63) is 59.7 Å². The molecular weight excluding hydrogens is 448 g/mol. The number of alkyl carbamates (subject to hydrolysis) is 1. The monoisotopic (exact) mass is 480 g/mol. The topological polar surface area (TPSA) is 114 Å². The lowest BCUT2D eigenvalue weighted by Gasteiger charge is -2.21. The molecule has 1 aliphatic heterocycles. The maximum atomic E-state index is 12.9.